The molecule has 0 saturated heterocycles. The number of nitrogens with two attached hydrogens (primary N) is 1. The lowest BCUT2D eigenvalue weighted by molar-refractivity contribution is 0.0790. The van der Waals surface area contributed by atoms with Crippen molar-refractivity contribution < 1.29 is 4.79 Å². The number of carbonyl (C=O) groups excluding carboxylic acids is 1. The van der Waals surface area contributed by atoms with E-state index in [0.717, 1.165) is 19.5 Å². The first kappa shape index (κ1) is 14.4. The summed E-state index contributed by atoms with van der Waals surface area (Å²) in [5.74, 6) is 5.74. The number of rotatable bonds is 6. The maximum absolute atomic E-state index is 12.0. The van der Waals surface area contributed by atoms with Gasteiger partial charge in [-0.1, -0.05) is 0 Å². The van der Waals surface area contributed by atoms with E-state index in [0.29, 0.717) is 11.4 Å². The van der Waals surface area contributed by atoms with E-state index in [9.17, 15) is 4.79 Å². The standard InChI is InChI=1S/C12H21N5O/c1-16(2)7-4-8-17(3)12(18)10-5-6-11(15-13)14-9-10/h5-6,9H,4,7-8,13H2,1-3H3,(H,14,15). The van der Waals surface area contributed by atoms with Crippen molar-refractivity contribution in [3.05, 3.63) is 23.9 Å². The molecule has 100 valence electrons. The summed E-state index contributed by atoms with van der Waals surface area (Å²) in [6, 6.07) is 3.40. The lowest BCUT2D eigenvalue weighted by atomic mass is 10.2. The van der Waals surface area contributed by atoms with E-state index < -0.39 is 0 Å². The first-order valence-electron chi connectivity index (χ1n) is 5.87. The van der Waals surface area contributed by atoms with Crippen LogP contribution >= 0.6 is 0 Å². The van der Waals surface area contributed by atoms with Crippen LogP contribution in [-0.2, 0) is 0 Å². The van der Waals surface area contributed by atoms with E-state index >= 15 is 0 Å². The largest absolute Gasteiger partial charge is 0.342 e. The number of aromatic nitrogens is 1. The Morgan fingerprint density at radius 1 is 1.33 bits per heavy atom. The fraction of sp³-hybridized carbons (Fsp3) is 0.500. The van der Waals surface area contributed by atoms with E-state index in [1.54, 1.807) is 24.1 Å². The van der Waals surface area contributed by atoms with Gasteiger partial charge in [-0.05, 0) is 39.2 Å². The summed E-state index contributed by atoms with van der Waals surface area (Å²) in [7, 11) is 5.83. The van der Waals surface area contributed by atoms with Gasteiger partial charge in [-0.25, -0.2) is 10.8 Å². The molecule has 0 spiro atoms. The molecule has 3 N–H and O–H groups in total. The van der Waals surface area contributed by atoms with Gasteiger partial charge in [0.25, 0.3) is 5.91 Å². The number of amides is 1. The summed E-state index contributed by atoms with van der Waals surface area (Å²) in [5, 5.41) is 0. The molecule has 0 radical (unpaired) electrons. The number of hydrogen-bond donors (Lipinski definition) is 2. The van der Waals surface area contributed by atoms with Crippen molar-refractivity contribution in [1.29, 1.82) is 0 Å². The third kappa shape index (κ3) is 4.31. The van der Waals surface area contributed by atoms with Crippen molar-refractivity contribution in [3.8, 4) is 0 Å². The molecule has 18 heavy (non-hydrogen) atoms. The molecule has 1 heterocycles. The summed E-state index contributed by atoms with van der Waals surface area (Å²) in [5.41, 5.74) is 3.00. The van der Waals surface area contributed by atoms with Gasteiger partial charge < -0.3 is 15.2 Å². The first-order chi connectivity index (χ1) is 8.54. The van der Waals surface area contributed by atoms with Gasteiger partial charge in [-0.3, -0.25) is 4.79 Å². The van der Waals surface area contributed by atoms with Crippen LogP contribution in [0, 0.1) is 0 Å². The first-order valence-corrected chi connectivity index (χ1v) is 5.87. The number of carbonyl (C=O) groups is 1. The Labute approximate surface area is 108 Å². The molecule has 1 aromatic rings. The third-order valence-electron chi connectivity index (χ3n) is 2.60. The molecule has 0 aliphatic heterocycles. The molecule has 0 aliphatic rings. The van der Waals surface area contributed by atoms with Crippen molar-refractivity contribution in [2.45, 2.75) is 6.42 Å². The van der Waals surface area contributed by atoms with Gasteiger partial charge in [0, 0.05) is 19.8 Å². The zero-order chi connectivity index (χ0) is 13.5. The van der Waals surface area contributed by atoms with E-state index in [1.807, 2.05) is 14.1 Å². The molecular formula is C12H21N5O. The van der Waals surface area contributed by atoms with E-state index in [1.165, 1.54) is 6.20 Å². The van der Waals surface area contributed by atoms with Crippen LogP contribution in [0.15, 0.2) is 18.3 Å². The van der Waals surface area contributed by atoms with Crippen molar-refractivity contribution in [2.24, 2.45) is 5.84 Å². The molecule has 0 saturated carbocycles. The predicted molar refractivity (Wildman–Crippen MR) is 72.2 cm³/mol. The molecule has 0 aromatic carbocycles. The summed E-state index contributed by atoms with van der Waals surface area (Å²) >= 11 is 0. The summed E-state index contributed by atoms with van der Waals surface area (Å²) < 4.78 is 0. The predicted octanol–water partition coefficient (Wildman–Crippen LogP) is 0.391. The van der Waals surface area contributed by atoms with Gasteiger partial charge in [0.15, 0.2) is 0 Å². The Hall–Kier alpha value is -1.66. The molecule has 1 rings (SSSR count). The number of hydrogen-bond acceptors (Lipinski definition) is 5. The highest BCUT2D eigenvalue weighted by molar-refractivity contribution is 5.93. The highest BCUT2D eigenvalue weighted by Crippen LogP contribution is 2.06. The number of nitrogens with zero attached hydrogens (tertiary/aromatic N) is 3. The van der Waals surface area contributed by atoms with Crippen LogP contribution in [0.3, 0.4) is 0 Å². The fourth-order valence-electron chi connectivity index (χ4n) is 1.55. The molecule has 6 nitrogen and oxygen atoms in total. The number of pyridine rings is 1. The Bertz CT molecular complexity index is 377. The minimum absolute atomic E-state index is 0.0233. The monoisotopic (exact) mass is 251 g/mol. The molecule has 0 atom stereocenters. The molecule has 0 bridgehead atoms. The quantitative estimate of drug-likeness (QED) is 0.565. The van der Waals surface area contributed by atoms with Crippen LogP contribution in [0.25, 0.3) is 0 Å². The average Bonchev–Trinajstić information content (AvgIpc) is 2.37. The van der Waals surface area contributed by atoms with Crippen LogP contribution in [0.5, 0.6) is 0 Å². The maximum atomic E-state index is 12.0. The zero-order valence-electron chi connectivity index (χ0n) is 11.2. The van der Waals surface area contributed by atoms with Crippen molar-refractivity contribution >= 4 is 11.7 Å². The zero-order valence-corrected chi connectivity index (χ0v) is 11.2. The number of hydrazine groups is 1. The van der Waals surface area contributed by atoms with Gasteiger partial charge in [-0.15, -0.1) is 0 Å². The Morgan fingerprint density at radius 2 is 2.06 bits per heavy atom. The van der Waals surface area contributed by atoms with Gasteiger partial charge in [-0.2, -0.15) is 0 Å². The SMILES string of the molecule is CN(C)CCCN(C)C(=O)c1ccc(NN)nc1. The van der Waals surface area contributed by atoms with Crippen LogP contribution in [0.1, 0.15) is 16.8 Å². The minimum Gasteiger partial charge on any atom is -0.342 e. The Balaban J connectivity index is 2.51. The molecule has 0 fully saturated rings. The van der Waals surface area contributed by atoms with Gasteiger partial charge in [0.1, 0.15) is 5.82 Å². The Morgan fingerprint density at radius 3 is 2.56 bits per heavy atom. The number of nitrogens with one attached hydrogen (secondary N) is 1. The van der Waals surface area contributed by atoms with E-state index in [4.69, 9.17) is 5.84 Å². The Kier molecular flexibility index (Phi) is 5.54. The number of nitrogen functional groups attached to an aromatic ring is 1. The third-order valence-corrected chi connectivity index (χ3v) is 2.60. The molecule has 1 amide bonds. The summed E-state index contributed by atoms with van der Waals surface area (Å²) in [4.78, 5) is 19.9. The van der Waals surface area contributed by atoms with Crippen LogP contribution in [0.4, 0.5) is 5.82 Å². The van der Waals surface area contributed by atoms with Crippen molar-refractivity contribution in [1.82, 2.24) is 14.8 Å². The molecular weight excluding hydrogens is 230 g/mol. The van der Waals surface area contributed by atoms with Crippen molar-refractivity contribution in [3.63, 3.8) is 0 Å². The molecule has 0 unspecified atom stereocenters. The minimum atomic E-state index is -0.0233. The van der Waals surface area contributed by atoms with Crippen molar-refractivity contribution in [2.75, 3.05) is 39.7 Å². The van der Waals surface area contributed by atoms with E-state index in [2.05, 4.69) is 15.3 Å². The molecule has 0 aliphatic carbocycles. The highest BCUT2D eigenvalue weighted by Gasteiger charge is 2.11. The summed E-state index contributed by atoms with van der Waals surface area (Å²) in [6.07, 6.45) is 2.48. The second kappa shape index (κ2) is 6.93. The fourth-order valence-corrected chi connectivity index (χ4v) is 1.55. The maximum Gasteiger partial charge on any atom is 0.255 e. The summed E-state index contributed by atoms with van der Waals surface area (Å²) in [6.45, 7) is 1.69. The molecule has 1 aromatic heterocycles. The van der Waals surface area contributed by atoms with Crippen LogP contribution in [0.2, 0.25) is 0 Å². The smallest absolute Gasteiger partial charge is 0.255 e. The van der Waals surface area contributed by atoms with Crippen LogP contribution < -0.4 is 11.3 Å². The highest BCUT2D eigenvalue weighted by atomic mass is 16.2. The van der Waals surface area contributed by atoms with Gasteiger partial charge >= 0.3 is 0 Å². The van der Waals surface area contributed by atoms with Gasteiger partial charge in [0.05, 0.1) is 5.56 Å². The van der Waals surface area contributed by atoms with E-state index in [-0.39, 0.29) is 5.91 Å². The lowest BCUT2D eigenvalue weighted by Gasteiger charge is -2.18. The lowest BCUT2D eigenvalue weighted by Crippen LogP contribution is -2.29. The average molecular weight is 251 g/mol. The van der Waals surface area contributed by atoms with Crippen LogP contribution in [-0.4, -0.2) is 54.9 Å². The normalized spacial score (nSPS) is 10.5. The second-order valence-electron chi connectivity index (χ2n) is 4.46. The topological polar surface area (TPSA) is 74.5 Å². The molecule has 6 heteroatoms. The second-order valence-corrected chi connectivity index (χ2v) is 4.46. The van der Waals surface area contributed by atoms with Gasteiger partial charge in [0.2, 0.25) is 0 Å². The number of anilines is 1.